The van der Waals surface area contributed by atoms with Crippen LogP contribution in [0.25, 0.3) is 0 Å². The zero-order chi connectivity index (χ0) is 21.1. The van der Waals surface area contributed by atoms with Gasteiger partial charge in [0, 0.05) is 35.5 Å². The fourth-order valence-electron chi connectivity index (χ4n) is 3.69. The summed E-state index contributed by atoms with van der Waals surface area (Å²) in [7, 11) is 0. The minimum Gasteiger partial charge on any atom is -0.458 e. The molecule has 0 unspecified atom stereocenters. The van der Waals surface area contributed by atoms with Crippen molar-refractivity contribution in [2.45, 2.75) is 26.4 Å². The number of aryl methyl sites for hydroxylation is 2. The first-order valence-corrected chi connectivity index (χ1v) is 9.98. The molecular formula is C24H23N3O3. The van der Waals surface area contributed by atoms with Crippen molar-refractivity contribution >= 4 is 11.7 Å². The van der Waals surface area contributed by atoms with Crippen LogP contribution in [0, 0.1) is 13.8 Å². The number of ketones is 1. The minimum atomic E-state index is -0.174. The number of benzene rings is 2. The molecule has 4 rings (SSSR count). The number of aromatic nitrogens is 2. The van der Waals surface area contributed by atoms with E-state index in [0.717, 1.165) is 11.4 Å². The molecule has 0 spiro atoms. The average Bonchev–Trinajstić information content (AvgIpc) is 3.21. The van der Waals surface area contributed by atoms with Crippen LogP contribution in [0.15, 0.2) is 60.7 Å². The van der Waals surface area contributed by atoms with E-state index in [1.165, 1.54) is 0 Å². The van der Waals surface area contributed by atoms with Gasteiger partial charge in [0.25, 0.3) is 5.91 Å². The molecule has 1 atom stereocenters. The summed E-state index contributed by atoms with van der Waals surface area (Å²) in [5.41, 5.74) is 3.08. The van der Waals surface area contributed by atoms with Crippen LogP contribution >= 0.6 is 0 Å². The lowest BCUT2D eigenvalue weighted by molar-refractivity contribution is 0.0765. The highest BCUT2D eigenvalue weighted by Crippen LogP contribution is 2.21. The topological polar surface area (TPSA) is 72.4 Å². The maximum absolute atomic E-state index is 13.2. The van der Waals surface area contributed by atoms with Gasteiger partial charge in [-0.2, -0.15) is 0 Å². The lowest BCUT2D eigenvalue weighted by Crippen LogP contribution is -2.32. The van der Waals surface area contributed by atoms with Gasteiger partial charge in [0.05, 0.1) is 12.1 Å². The molecule has 0 radical (unpaired) electrons. The smallest absolute Gasteiger partial charge is 0.317 e. The van der Waals surface area contributed by atoms with E-state index in [1.807, 2.05) is 38.1 Å². The Balaban J connectivity index is 1.50. The first-order valence-electron chi connectivity index (χ1n) is 9.98. The van der Waals surface area contributed by atoms with Crippen LogP contribution in [0.4, 0.5) is 0 Å². The number of carbonyl (C=O) groups excluding carboxylic acids is 2. The molecule has 152 valence electrons. The van der Waals surface area contributed by atoms with Gasteiger partial charge < -0.3 is 9.64 Å². The van der Waals surface area contributed by atoms with Gasteiger partial charge in [0.15, 0.2) is 5.78 Å². The van der Waals surface area contributed by atoms with Gasteiger partial charge in [-0.25, -0.2) is 9.97 Å². The van der Waals surface area contributed by atoms with Crippen molar-refractivity contribution < 1.29 is 14.3 Å². The fraction of sp³-hybridized carbons (Fsp3) is 0.250. The molecule has 0 bridgehead atoms. The van der Waals surface area contributed by atoms with E-state index in [4.69, 9.17) is 4.74 Å². The van der Waals surface area contributed by atoms with Crippen LogP contribution in [-0.4, -0.2) is 45.8 Å². The van der Waals surface area contributed by atoms with Crippen LogP contribution in [-0.2, 0) is 0 Å². The van der Waals surface area contributed by atoms with E-state index in [0.29, 0.717) is 42.2 Å². The Morgan fingerprint density at radius 1 is 0.933 bits per heavy atom. The highest BCUT2D eigenvalue weighted by atomic mass is 16.5. The quantitative estimate of drug-likeness (QED) is 0.611. The molecule has 6 heteroatoms. The molecule has 1 aliphatic heterocycles. The Kier molecular flexibility index (Phi) is 5.57. The third kappa shape index (κ3) is 4.22. The second-order valence-corrected chi connectivity index (χ2v) is 7.45. The van der Waals surface area contributed by atoms with Crippen molar-refractivity contribution in [1.29, 1.82) is 0 Å². The summed E-state index contributed by atoms with van der Waals surface area (Å²) in [5.74, 6) is -0.322. The molecule has 6 nitrogen and oxygen atoms in total. The van der Waals surface area contributed by atoms with Gasteiger partial charge in [0.2, 0.25) is 0 Å². The number of hydrogen-bond donors (Lipinski definition) is 0. The lowest BCUT2D eigenvalue weighted by Gasteiger charge is -2.18. The van der Waals surface area contributed by atoms with Gasteiger partial charge in [-0.1, -0.05) is 48.5 Å². The summed E-state index contributed by atoms with van der Waals surface area (Å²) in [4.78, 5) is 36.5. The number of likely N-dealkylation sites (tertiary alicyclic amines) is 1. The van der Waals surface area contributed by atoms with E-state index < -0.39 is 0 Å². The molecule has 1 aliphatic rings. The number of amides is 1. The third-order valence-corrected chi connectivity index (χ3v) is 5.10. The molecule has 1 fully saturated rings. The van der Waals surface area contributed by atoms with Crippen molar-refractivity contribution in [2.24, 2.45) is 0 Å². The Morgan fingerprint density at radius 2 is 1.57 bits per heavy atom. The molecular weight excluding hydrogens is 378 g/mol. The van der Waals surface area contributed by atoms with Gasteiger partial charge in [-0.15, -0.1) is 0 Å². The standard InChI is InChI=1S/C24H23N3O3/c1-16-14-17(2)26-24(25-16)30-19-12-13-27(15-19)23(29)21-11-7-6-10-20(21)22(28)18-8-4-3-5-9-18/h3-11,14,19H,12-13,15H2,1-2H3/t19-/m0/s1. The molecule has 1 amide bonds. The number of hydrogen-bond acceptors (Lipinski definition) is 5. The molecule has 1 aromatic heterocycles. The van der Waals surface area contributed by atoms with E-state index in [-0.39, 0.29) is 17.8 Å². The number of carbonyl (C=O) groups is 2. The molecule has 2 aromatic carbocycles. The largest absolute Gasteiger partial charge is 0.458 e. The third-order valence-electron chi connectivity index (χ3n) is 5.10. The summed E-state index contributed by atoms with van der Waals surface area (Å²) in [6.07, 6.45) is 0.517. The van der Waals surface area contributed by atoms with Crippen molar-refractivity contribution in [1.82, 2.24) is 14.9 Å². The summed E-state index contributed by atoms with van der Waals surface area (Å²) in [6, 6.07) is 18.2. The highest BCUT2D eigenvalue weighted by Gasteiger charge is 2.30. The Labute approximate surface area is 175 Å². The molecule has 0 saturated carbocycles. The van der Waals surface area contributed by atoms with Crippen LogP contribution < -0.4 is 4.74 Å². The molecule has 2 heterocycles. The fourth-order valence-corrected chi connectivity index (χ4v) is 3.69. The molecule has 0 aliphatic carbocycles. The van der Waals surface area contributed by atoms with E-state index in [2.05, 4.69) is 9.97 Å². The molecule has 3 aromatic rings. The number of rotatable bonds is 5. The summed E-state index contributed by atoms with van der Waals surface area (Å²) in [6.45, 7) is 4.78. The van der Waals surface area contributed by atoms with Gasteiger partial charge in [-0.05, 0) is 26.0 Å². The van der Waals surface area contributed by atoms with E-state index >= 15 is 0 Å². The Hall–Kier alpha value is -3.54. The summed E-state index contributed by atoms with van der Waals surface area (Å²) >= 11 is 0. The maximum Gasteiger partial charge on any atom is 0.317 e. The first-order chi connectivity index (χ1) is 14.5. The lowest BCUT2D eigenvalue weighted by atomic mass is 9.97. The van der Waals surface area contributed by atoms with Crippen molar-refractivity contribution in [3.8, 4) is 6.01 Å². The number of ether oxygens (including phenoxy) is 1. The highest BCUT2D eigenvalue weighted by molar-refractivity contribution is 6.15. The van der Waals surface area contributed by atoms with Gasteiger partial charge >= 0.3 is 6.01 Å². The zero-order valence-electron chi connectivity index (χ0n) is 17.0. The second-order valence-electron chi connectivity index (χ2n) is 7.45. The average molecular weight is 401 g/mol. The van der Waals surface area contributed by atoms with Crippen molar-refractivity contribution in [3.63, 3.8) is 0 Å². The van der Waals surface area contributed by atoms with Crippen LogP contribution in [0.1, 0.15) is 44.1 Å². The zero-order valence-corrected chi connectivity index (χ0v) is 17.0. The normalized spacial score (nSPS) is 15.8. The van der Waals surface area contributed by atoms with Crippen LogP contribution in [0.3, 0.4) is 0 Å². The van der Waals surface area contributed by atoms with Crippen molar-refractivity contribution in [3.05, 3.63) is 88.7 Å². The summed E-state index contributed by atoms with van der Waals surface area (Å²) in [5, 5.41) is 0. The molecule has 1 saturated heterocycles. The van der Waals surface area contributed by atoms with E-state index in [9.17, 15) is 9.59 Å². The second kappa shape index (κ2) is 8.45. The Bertz CT molecular complexity index is 1060. The number of nitrogens with zero attached hydrogens (tertiary/aromatic N) is 3. The van der Waals surface area contributed by atoms with Gasteiger partial charge in [-0.3, -0.25) is 9.59 Å². The minimum absolute atomic E-state index is 0.157. The van der Waals surface area contributed by atoms with Crippen LogP contribution in [0.5, 0.6) is 6.01 Å². The van der Waals surface area contributed by atoms with Gasteiger partial charge in [0.1, 0.15) is 6.10 Å². The molecule has 0 N–H and O–H groups in total. The maximum atomic E-state index is 13.2. The van der Waals surface area contributed by atoms with Crippen LogP contribution in [0.2, 0.25) is 0 Å². The molecule has 30 heavy (non-hydrogen) atoms. The van der Waals surface area contributed by atoms with E-state index in [1.54, 1.807) is 41.3 Å². The Morgan fingerprint density at radius 3 is 2.27 bits per heavy atom. The van der Waals surface area contributed by atoms with Crippen molar-refractivity contribution in [2.75, 3.05) is 13.1 Å². The predicted molar refractivity (Wildman–Crippen MR) is 113 cm³/mol. The summed E-state index contributed by atoms with van der Waals surface area (Å²) < 4.78 is 5.92. The SMILES string of the molecule is Cc1cc(C)nc(O[C@H]2CCN(C(=O)c3ccccc3C(=O)c3ccccc3)C2)n1. The monoisotopic (exact) mass is 401 g/mol. The first kappa shape index (κ1) is 19.8. The predicted octanol–water partition coefficient (Wildman–Crippen LogP) is 3.62.